The number of benzene rings is 1. The Balaban J connectivity index is 2.40. The highest BCUT2D eigenvalue weighted by Crippen LogP contribution is 2.46. The number of aromatic nitrogens is 3. The second kappa shape index (κ2) is 3.44. The summed E-state index contributed by atoms with van der Waals surface area (Å²) in [4.78, 5) is 3.40. The zero-order valence-corrected chi connectivity index (χ0v) is 10.5. The van der Waals surface area contributed by atoms with E-state index < -0.39 is 0 Å². The van der Waals surface area contributed by atoms with Crippen molar-refractivity contribution < 1.29 is 4.39 Å². The maximum atomic E-state index is 14.1. The van der Waals surface area contributed by atoms with Gasteiger partial charge in [-0.3, -0.25) is 0 Å². The summed E-state index contributed by atoms with van der Waals surface area (Å²) in [6.07, 6.45) is 0. The highest BCUT2D eigenvalue weighted by Gasteiger charge is 2.33. The van der Waals surface area contributed by atoms with Crippen LogP contribution in [0.5, 0.6) is 0 Å². The van der Waals surface area contributed by atoms with Crippen molar-refractivity contribution in [3.05, 3.63) is 23.6 Å². The number of nitrogens with zero attached hydrogens (tertiary/aromatic N) is 4. The summed E-state index contributed by atoms with van der Waals surface area (Å²) in [5.74, 6) is -0.320. The third-order valence-electron chi connectivity index (χ3n) is 3.46. The van der Waals surface area contributed by atoms with Gasteiger partial charge in [-0.1, -0.05) is 0 Å². The second-order valence-electron chi connectivity index (χ2n) is 4.57. The van der Waals surface area contributed by atoms with Crippen molar-refractivity contribution in [1.29, 1.82) is 0 Å². The number of fused-ring (bicyclic) bond motifs is 3. The molecule has 0 fully saturated rings. The molecule has 1 atom stereocenters. The number of aryl methyl sites for hydroxylation is 1. The molecule has 0 saturated heterocycles. The quantitative estimate of drug-likeness (QED) is 0.720. The molecule has 6 heteroatoms. The lowest BCUT2D eigenvalue weighted by Crippen LogP contribution is -2.27. The minimum atomic E-state index is -0.320. The fourth-order valence-electron chi connectivity index (χ4n) is 2.45. The van der Waals surface area contributed by atoms with Crippen molar-refractivity contribution in [2.45, 2.75) is 13.0 Å². The number of rotatable bonds is 0. The van der Waals surface area contributed by atoms with E-state index in [2.05, 4.69) is 10.2 Å². The van der Waals surface area contributed by atoms with E-state index in [4.69, 9.17) is 5.73 Å². The predicted octanol–water partition coefficient (Wildman–Crippen LogP) is 1.71. The third-order valence-corrected chi connectivity index (χ3v) is 3.46. The van der Waals surface area contributed by atoms with E-state index in [-0.39, 0.29) is 11.9 Å². The Morgan fingerprint density at radius 2 is 2.00 bits per heavy atom. The molecule has 1 unspecified atom stereocenters. The number of anilines is 2. The van der Waals surface area contributed by atoms with Gasteiger partial charge in [0.2, 0.25) is 0 Å². The Morgan fingerprint density at radius 3 is 2.72 bits per heavy atom. The van der Waals surface area contributed by atoms with Gasteiger partial charge in [0, 0.05) is 14.1 Å². The first-order chi connectivity index (χ1) is 8.50. The summed E-state index contributed by atoms with van der Waals surface area (Å²) >= 11 is 0. The van der Waals surface area contributed by atoms with E-state index in [1.54, 1.807) is 13.1 Å². The van der Waals surface area contributed by atoms with E-state index in [0.717, 1.165) is 5.69 Å². The van der Waals surface area contributed by atoms with E-state index >= 15 is 0 Å². The summed E-state index contributed by atoms with van der Waals surface area (Å²) in [6, 6.07) is 2.97. The molecule has 1 aromatic heterocycles. The van der Waals surface area contributed by atoms with Gasteiger partial charge in [0.15, 0.2) is 0 Å². The van der Waals surface area contributed by atoms with Gasteiger partial charge in [-0.05, 0) is 19.1 Å². The zero-order chi connectivity index (χ0) is 13.0. The fourth-order valence-corrected chi connectivity index (χ4v) is 2.45. The normalized spacial score (nSPS) is 17.6. The van der Waals surface area contributed by atoms with Crippen molar-refractivity contribution in [2.75, 3.05) is 17.7 Å². The molecule has 94 valence electrons. The van der Waals surface area contributed by atoms with Gasteiger partial charge in [0.05, 0.1) is 23.0 Å². The number of halogens is 1. The highest BCUT2D eigenvalue weighted by atomic mass is 19.1. The van der Waals surface area contributed by atoms with Crippen LogP contribution in [0.3, 0.4) is 0 Å². The van der Waals surface area contributed by atoms with Gasteiger partial charge in [-0.15, -0.1) is 0 Å². The molecule has 2 heterocycles. The van der Waals surface area contributed by atoms with Crippen LogP contribution in [0.25, 0.3) is 11.3 Å². The molecule has 18 heavy (non-hydrogen) atoms. The van der Waals surface area contributed by atoms with Crippen molar-refractivity contribution >= 4 is 11.4 Å². The molecule has 1 aromatic carbocycles. The Bertz CT molecular complexity index is 634. The lowest BCUT2D eigenvalue weighted by atomic mass is 9.96. The maximum absolute atomic E-state index is 14.1. The Kier molecular flexibility index (Phi) is 2.10. The largest absolute Gasteiger partial charge is 0.397 e. The summed E-state index contributed by atoms with van der Waals surface area (Å²) in [7, 11) is 3.62. The van der Waals surface area contributed by atoms with Gasteiger partial charge in [-0.25, -0.2) is 4.39 Å². The SMILES string of the molecule is CC1c2nn(C)nc2-c2c(F)ccc(N)c2N1C. The van der Waals surface area contributed by atoms with E-state index in [1.807, 2.05) is 18.9 Å². The fraction of sp³-hybridized carbons (Fsp3) is 0.333. The minimum absolute atomic E-state index is 0.0188. The molecule has 0 aliphatic carbocycles. The number of hydrogen-bond donors (Lipinski definition) is 1. The molecule has 3 rings (SSSR count). The van der Waals surface area contributed by atoms with Crippen LogP contribution in [0.2, 0.25) is 0 Å². The van der Waals surface area contributed by atoms with Gasteiger partial charge in [0.1, 0.15) is 17.2 Å². The molecule has 0 spiro atoms. The molecule has 0 radical (unpaired) electrons. The first-order valence-corrected chi connectivity index (χ1v) is 5.73. The average Bonchev–Trinajstić information content (AvgIpc) is 2.71. The minimum Gasteiger partial charge on any atom is -0.397 e. The number of nitrogen functional groups attached to an aromatic ring is 1. The highest BCUT2D eigenvalue weighted by molar-refractivity contribution is 5.89. The monoisotopic (exact) mass is 247 g/mol. The van der Waals surface area contributed by atoms with Crippen LogP contribution in [-0.2, 0) is 7.05 Å². The van der Waals surface area contributed by atoms with Crippen molar-refractivity contribution in [3.8, 4) is 11.3 Å². The van der Waals surface area contributed by atoms with Crippen molar-refractivity contribution in [2.24, 2.45) is 7.05 Å². The van der Waals surface area contributed by atoms with E-state index in [0.29, 0.717) is 22.6 Å². The van der Waals surface area contributed by atoms with Crippen molar-refractivity contribution in [3.63, 3.8) is 0 Å². The lowest BCUT2D eigenvalue weighted by Gasteiger charge is -2.33. The van der Waals surface area contributed by atoms with Crippen LogP contribution in [0.15, 0.2) is 12.1 Å². The van der Waals surface area contributed by atoms with Gasteiger partial charge in [0.25, 0.3) is 0 Å². The first kappa shape index (κ1) is 11.0. The third kappa shape index (κ3) is 1.25. The average molecular weight is 247 g/mol. The predicted molar refractivity (Wildman–Crippen MR) is 67.6 cm³/mol. The van der Waals surface area contributed by atoms with Crippen LogP contribution in [-0.4, -0.2) is 22.0 Å². The zero-order valence-electron chi connectivity index (χ0n) is 10.5. The number of hydrogen-bond acceptors (Lipinski definition) is 4. The topological polar surface area (TPSA) is 60.0 Å². The van der Waals surface area contributed by atoms with Crippen molar-refractivity contribution in [1.82, 2.24) is 15.0 Å². The van der Waals surface area contributed by atoms with Crippen LogP contribution in [0, 0.1) is 5.82 Å². The Morgan fingerprint density at radius 1 is 1.28 bits per heavy atom. The van der Waals surface area contributed by atoms with Gasteiger partial charge < -0.3 is 10.6 Å². The summed E-state index contributed by atoms with van der Waals surface area (Å²) in [6.45, 7) is 2.00. The van der Waals surface area contributed by atoms with E-state index in [9.17, 15) is 4.39 Å². The molecule has 5 nitrogen and oxygen atoms in total. The Hall–Kier alpha value is -2.11. The van der Waals surface area contributed by atoms with Crippen LogP contribution in [0.1, 0.15) is 18.7 Å². The standard InChI is InChI=1S/C12H14FN5/c1-6-10-11(16-18(3)15-10)9-7(13)4-5-8(14)12(9)17(6)2/h4-6H,14H2,1-3H3. The summed E-state index contributed by atoms with van der Waals surface area (Å²) < 4.78 is 14.1. The molecule has 1 aliphatic rings. The summed E-state index contributed by atoms with van der Waals surface area (Å²) in [5.41, 5.74) is 9.01. The lowest BCUT2D eigenvalue weighted by molar-refractivity contribution is 0.620. The van der Waals surface area contributed by atoms with Crippen LogP contribution in [0.4, 0.5) is 15.8 Å². The Labute approximate surface area is 104 Å². The van der Waals surface area contributed by atoms with Crippen LogP contribution < -0.4 is 10.6 Å². The molecule has 1 aliphatic heterocycles. The molecule has 2 aromatic rings. The van der Waals surface area contributed by atoms with Crippen LogP contribution >= 0.6 is 0 Å². The van der Waals surface area contributed by atoms with Gasteiger partial charge in [-0.2, -0.15) is 15.0 Å². The molecular weight excluding hydrogens is 233 g/mol. The number of nitrogens with two attached hydrogens (primary N) is 1. The second-order valence-corrected chi connectivity index (χ2v) is 4.57. The first-order valence-electron chi connectivity index (χ1n) is 5.73. The smallest absolute Gasteiger partial charge is 0.134 e. The van der Waals surface area contributed by atoms with Gasteiger partial charge >= 0.3 is 0 Å². The molecule has 0 amide bonds. The molecular formula is C12H14FN5. The van der Waals surface area contributed by atoms with E-state index in [1.165, 1.54) is 10.9 Å². The molecule has 0 saturated carbocycles. The molecule has 2 N–H and O–H groups in total. The molecule has 0 bridgehead atoms. The maximum Gasteiger partial charge on any atom is 0.134 e. The summed E-state index contributed by atoms with van der Waals surface area (Å²) in [5, 5.41) is 8.57.